The predicted octanol–water partition coefficient (Wildman–Crippen LogP) is 2.03. The first-order valence-electron chi connectivity index (χ1n) is 13.3. The first-order chi connectivity index (χ1) is 18.5. The normalized spacial score (nSPS) is 17.5. The van der Waals surface area contributed by atoms with Crippen LogP contribution in [0.1, 0.15) is 37.5 Å². The van der Waals surface area contributed by atoms with Gasteiger partial charge in [0.15, 0.2) is 0 Å². The van der Waals surface area contributed by atoms with Crippen molar-refractivity contribution in [1.29, 1.82) is 0 Å². The van der Waals surface area contributed by atoms with Crippen LogP contribution >= 0.6 is 0 Å². The summed E-state index contributed by atoms with van der Waals surface area (Å²) in [6, 6.07) is 9.91. The van der Waals surface area contributed by atoms with E-state index in [1.165, 1.54) is 15.4 Å². The average Bonchev–Trinajstić information content (AvgIpc) is 2.87. The molecule has 0 aliphatic carbocycles. The number of piperazine rings is 1. The number of hydrogen-bond donors (Lipinski definition) is 3. The Hall–Kier alpha value is -3.37. The average molecular weight is 545 g/mol. The summed E-state index contributed by atoms with van der Waals surface area (Å²) in [5, 5.41) is 16.9. The van der Waals surface area contributed by atoms with Crippen molar-refractivity contribution in [2.24, 2.45) is 5.92 Å². The zero-order valence-electron chi connectivity index (χ0n) is 22.9. The fourth-order valence-electron chi connectivity index (χ4n) is 4.82. The Labute approximate surface area is 228 Å². The van der Waals surface area contributed by atoms with Gasteiger partial charge in [-0.25, -0.2) is 8.78 Å². The smallest absolute Gasteiger partial charge is 0.312 e. The zero-order valence-corrected chi connectivity index (χ0v) is 22.9. The lowest BCUT2D eigenvalue weighted by atomic mass is 9.99. The van der Waals surface area contributed by atoms with Crippen molar-refractivity contribution in [3.05, 3.63) is 70.8 Å². The van der Waals surface area contributed by atoms with Gasteiger partial charge in [-0.1, -0.05) is 45.0 Å². The summed E-state index contributed by atoms with van der Waals surface area (Å²) >= 11 is 0. The molecule has 39 heavy (non-hydrogen) atoms. The molecule has 1 heterocycles. The lowest BCUT2D eigenvalue weighted by Crippen LogP contribution is -2.61. The van der Waals surface area contributed by atoms with E-state index in [0.29, 0.717) is 6.54 Å². The number of benzene rings is 2. The Balaban J connectivity index is 1.69. The van der Waals surface area contributed by atoms with Crippen LogP contribution < -0.4 is 10.6 Å². The maximum atomic E-state index is 13.8. The lowest BCUT2D eigenvalue weighted by molar-refractivity contribution is -0.159. The second-order valence-electron chi connectivity index (χ2n) is 10.4. The monoisotopic (exact) mass is 544 g/mol. The van der Waals surface area contributed by atoms with E-state index in [0.717, 1.165) is 30.2 Å². The summed E-state index contributed by atoms with van der Waals surface area (Å²) < 4.78 is 27.7. The van der Waals surface area contributed by atoms with Crippen molar-refractivity contribution in [3.8, 4) is 0 Å². The minimum absolute atomic E-state index is 0.0428. The number of aliphatic hydroxyl groups excluding tert-OH is 1. The summed E-state index contributed by atoms with van der Waals surface area (Å²) in [6.07, 6.45) is -0.254. The van der Waals surface area contributed by atoms with E-state index in [1.807, 2.05) is 32.0 Å². The maximum Gasteiger partial charge on any atom is 0.312 e. The Morgan fingerprint density at radius 3 is 2.36 bits per heavy atom. The van der Waals surface area contributed by atoms with Crippen LogP contribution in [0.3, 0.4) is 0 Å². The molecular weight excluding hydrogens is 506 g/mol. The molecule has 2 aromatic rings. The van der Waals surface area contributed by atoms with Crippen molar-refractivity contribution in [1.82, 2.24) is 20.4 Å². The second kappa shape index (κ2) is 13.6. The highest BCUT2D eigenvalue weighted by Crippen LogP contribution is 2.18. The largest absolute Gasteiger partial charge is 0.390 e. The van der Waals surface area contributed by atoms with Gasteiger partial charge in [0.2, 0.25) is 5.91 Å². The standard InChI is InChI=1S/C29H38F2N4O4/c1-5-19-7-6-8-20(9-19)14-32-15-26(36)24(12-21-10-22(30)13-23(31)11-21)33-27(37)17-35-16-25(18(2)3)34(4)28(38)29(35)39/h6-11,13,18,24-26,32,36H,5,12,14-17H2,1-4H3,(H,33,37)/t24-,25+,26+/m0/s1. The number of likely N-dealkylation sites (N-methyl/N-ethyl adjacent to an activating group) is 1. The van der Waals surface area contributed by atoms with Crippen molar-refractivity contribution < 1.29 is 28.3 Å². The molecule has 2 aromatic carbocycles. The van der Waals surface area contributed by atoms with Crippen LogP contribution in [-0.4, -0.2) is 77.5 Å². The molecule has 0 saturated carbocycles. The Morgan fingerprint density at radius 2 is 1.72 bits per heavy atom. The van der Waals surface area contributed by atoms with Crippen LogP contribution in [0.5, 0.6) is 0 Å². The van der Waals surface area contributed by atoms with E-state index in [2.05, 4.69) is 23.6 Å². The number of carbonyl (C=O) groups is 3. The number of nitrogens with one attached hydrogen (secondary N) is 2. The highest BCUT2D eigenvalue weighted by Gasteiger charge is 2.39. The molecule has 0 aromatic heterocycles. The quantitative estimate of drug-likeness (QED) is 0.355. The molecule has 0 spiro atoms. The Bertz CT molecular complexity index is 1160. The molecule has 1 aliphatic rings. The molecule has 212 valence electrons. The van der Waals surface area contributed by atoms with E-state index in [9.17, 15) is 28.3 Å². The number of nitrogens with zero attached hydrogens (tertiary/aromatic N) is 2. The molecule has 8 nitrogen and oxygen atoms in total. The molecule has 0 radical (unpaired) electrons. The third-order valence-electron chi connectivity index (χ3n) is 7.07. The predicted molar refractivity (Wildman–Crippen MR) is 144 cm³/mol. The highest BCUT2D eigenvalue weighted by molar-refractivity contribution is 6.35. The minimum Gasteiger partial charge on any atom is -0.390 e. The fraction of sp³-hybridized carbons (Fsp3) is 0.483. The van der Waals surface area contributed by atoms with E-state index < -0.39 is 41.5 Å². The first-order valence-corrected chi connectivity index (χ1v) is 13.3. The SMILES string of the molecule is CCc1cccc(CNC[C@@H](O)[C@H](Cc2cc(F)cc(F)c2)NC(=O)CN2C[C@H](C(C)C)N(C)C(=O)C2=O)c1. The lowest BCUT2D eigenvalue weighted by Gasteiger charge is -2.40. The van der Waals surface area contributed by atoms with Gasteiger partial charge in [-0.05, 0) is 47.6 Å². The maximum absolute atomic E-state index is 13.8. The molecule has 1 saturated heterocycles. The molecule has 3 atom stereocenters. The number of aliphatic hydroxyl groups is 1. The van der Waals surface area contributed by atoms with Gasteiger partial charge in [0.05, 0.1) is 18.2 Å². The Morgan fingerprint density at radius 1 is 1.05 bits per heavy atom. The molecule has 10 heteroatoms. The van der Waals surface area contributed by atoms with Gasteiger partial charge in [-0.3, -0.25) is 14.4 Å². The van der Waals surface area contributed by atoms with Gasteiger partial charge >= 0.3 is 11.8 Å². The third-order valence-corrected chi connectivity index (χ3v) is 7.07. The van der Waals surface area contributed by atoms with Crippen LogP contribution in [0.15, 0.2) is 42.5 Å². The molecule has 3 N–H and O–H groups in total. The van der Waals surface area contributed by atoms with E-state index in [1.54, 1.807) is 7.05 Å². The molecule has 3 amide bonds. The topological polar surface area (TPSA) is 102 Å². The molecule has 1 aliphatic heterocycles. The molecular formula is C29H38F2N4O4. The number of aryl methyl sites for hydroxylation is 1. The number of rotatable bonds is 12. The van der Waals surface area contributed by atoms with Crippen molar-refractivity contribution in [3.63, 3.8) is 0 Å². The Kier molecular flexibility index (Phi) is 10.5. The van der Waals surface area contributed by atoms with Crippen LogP contribution in [0, 0.1) is 17.6 Å². The number of carbonyl (C=O) groups excluding carboxylic acids is 3. The third kappa shape index (κ3) is 8.31. The van der Waals surface area contributed by atoms with Gasteiger partial charge in [0.25, 0.3) is 0 Å². The van der Waals surface area contributed by atoms with Crippen LogP contribution in [-0.2, 0) is 33.8 Å². The van der Waals surface area contributed by atoms with Crippen molar-refractivity contribution in [2.45, 2.75) is 58.3 Å². The van der Waals surface area contributed by atoms with Gasteiger partial charge in [-0.15, -0.1) is 0 Å². The first kappa shape index (κ1) is 30.2. The van der Waals surface area contributed by atoms with Crippen LogP contribution in [0.4, 0.5) is 8.78 Å². The summed E-state index contributed by atoms with van der Waals surface area (Å²) in [5.41, 5.74) is 2.48. The van der Waals surface area contributed by atoms with Crippen molar-refractivity contribution >= 4 is 17.7 Å². The fourth-order valence-corrected chi connectivity index (χ4v) is 4.82. The number of hydrogen-bond acceptors (Lipinski definition) is 5. The molecule has 1 fully saturated rings. The summed E-state index contributed by atoms with van der Waals surface area (Å²) in [7, 11) is 1.57. The van der Waals surface area contributed by atoms with Gasteiger partial charge in [-0.2, -0.15) is 0 Å². The minimum atomic E-state index is -1.11. The second-order valence-corrected chi connectivity index (χ2v) is 10.4. The number of amides is 3. The highest BCUT2D eigenvalue weighted by atomic mass is 19.1. The summed E-state index contributed by atoms with van der Waals surface area (Å²) in [5.74, 6) is -3.50. The summed E-state index contributed by atoms with van der Waals surface area (Å²) in [6.45, 7) is 6.33. The van der Waals surface area contributed by atoms with Gasteiger partial charge in [0, 0.05) is 32.7 Å². The van der Waals surface area contributed by atoms with Crippen LogP contribution in [0.25, 0.3) is 0 Å². The van der Waals surface area contributed by atoms with E-state index in [-0.39, 0.29) is 43.6 Å². The van der Waals surface area contributed by atoms with E-state index >= 15 is 0 Å². The van der Waals surface area contributed by atoms with Crippen molar-refractivity contribution in [2.75, 3.05) is 26.7 Å². The van der Waals surface area contributed by atoms with E-state index in [4.69, 9.17) is 0 Å². The molecule has 0 unspecified atom stereocenters. The van der Waals surface area contributed by atoms with Gasteiger partial charge in [0.1, 0.15) is 18.2 Å². The zero-order chi connectivity index (χ0) is 28.7. The van der Waals surface area contributed by atoms with Gasteiger partial charge < -0.3 is 25.5 Å². The van der Waals surface area contributed by atoms with Crippen LogP contribution in [0.2, 0.25) is 0 Å². The molecule has 0 bridgehead atoms. The summed E-state index contributed by atoms with van der Waals surface area (Å²) in [4.78, 5) is 40.6. The molecule has 3 rings (SSSR count). The number of halogens is 2.